The molecule has 0 bridgehead atoms. The SMILES string of the molecule is CC[NH+]1CCN(C(=O)/C(C)=C(/C)C(=O)[O-])CC1. The maximum absolute atomic E-state index is 12.0. The van der Waals surface area contributed by atoms with Crippen LogP contribution < -0.4 is 10.0 Å². The van der Waals surface area contributed by atoms with Crippen LogP contribution in [0.3, 0.4) is 0 Å². The lowest BCUT2D eigenvalue weighted by molar-refractivity contribution is -0.902. The quantitative estimate of drug-likeness (QED) is 0.570. The van der Waals surface area contributed by atoms with Gasteiger partial charge in [0.2, 0.25) is 5.91 Å². The average Bonchev–Trinajstić information content (AvgIpc) is 2.36. The summed E-state index contributed by atoms with van der Waals surface area (Å²) < 4.78 is 0. The number of carbonyl (C=O) groups excluding carboxylic acids is 2. The Bertz CT molecular complexity index is 342. The Morgan fingerprint density at radius 3 is 2.12 bits per heavy atom. The van der Waals surface area contributed by atoms with E-state index in [1.807, 2.05) is 0 Å². The molecule has 1 fully saturated rings. The van der Waals surface area contributed by atoms with Crippen molar-refractivity contribution in [3.63, 3.8) is 0 Å². The van der Waals surface area contributed by atoms with E-state index >= 15 is 0 Å². The summed E-state index contributed by atoms with van der Waals surface area (Å²) in [4.78, 5) is 25.9. The predicted octanol–water partition coefficient (Wildman–Crippen LogP) is -2.18. The van der Waals surface area contributed by atoms with Crippen molar-refractivity contribution in [2.75, 3.05) is 32.7 Å². The second-order valence-corrected chi connectivity index (χ2v) is 4.43. The normalized spacial score (nSPS) is 18.9. The lowest BCUT2D eigenvalue weighted by Crippen LogP contribution is -3.14. The molecule has 0 spiro atoms. The van der Waals surface area contributed by atoms with Gasteiger partial charge in [-0.1, -0.05) is 0 Å². The second-order valence-electron chi connectivity index (χ2n) is 4.43. The van der Waals surface area contributed by atoms with Crippen LogP contribution in [0.2, 0.25) is 0 Å². The van der Waals surface area contributed by atoms with Crippen LogP contribution in [0.25, 0.3) is 0 Å². The van der Waals surface area contributed by atoms with Gasteiger partial charge in [-0.3, -0.25) is 4.79 Å². The minimum atomic E-state index is -1.27. The zero-order chi connectivity index (χ0) is 13.0. The van der Waals surface area contributed by atoms with Gasteiger partial charge in [0.1, 0.15) is 0 Å². The number of hydrogen-bond donors (Lipinski definition) is 1. The van der Waals surface area contributed by atoms with Crippen molar-refractivity contribution in [3.8, 4) is 0 Å². The molecule has 0 atom stereocenters. The highest BCUT2D eigenvalue weighted by Crippen LogP contribution is 2.07. The molecule has 1 amide bonds. The lowest BCUT2D eigenvalue weighted by Gasteiger charge is -2.32. The number of piperazine rings is 1. The van der Waals surface area contributed by atoms with E-state index in [4.69, 9.17) is 0 Å². The number of carbonyl (C=O) groups is 2. The first-order valence-electron chi connectivity index (χ1n) is 5.99. The summed E-state index contributed by atoms with van der Waals surface area (Å²) in [5, 5.41) is 10.7. The molecule has 1 rings (SSSR count). The fourth-order valence-corrected chi connectivity index (χ4v) is 1.93. The number of likely N-dealkylation sites (N-methyl/N-ethyl adjacent to an activating group) is 1. The third-order valence-electron chi connectivity index (χ3n) is 3.45. The Balaban J connectivity index is 2.66. The Labute approximate surface area is 102 Å². The molecule has 0 aromatic rings. The van der Waals surface area contributed by atoms with Crippen LogP contribution in [-0.2, 0) is 9.59 Å². The molecular weight excluding hydrogens is 220 g/mol. The first-order chi connectivity index (χ1) is 7.97. The summed E-state index contributed by atoms with van der Waals surface area (Å²) >= 11 is 0. The van der Waals surface area contributed by atoms with Gasteiger partial charge in [-0.05, 0) is 26.3 Å². The zero-order valence-corrected chi connectivity index (χ0v) is 10.7. The third-order valence-corrected chi connectivity index (χ3v) is 3.45. The molecule has 0 saturated carbocycles. The van der Waals surface area contributed by atoms with Crippen molar-refractivity contribution in [2.24, 2.45) is 0 Å². The number of hydrogen-bond acceptors (Lipinski definition) is 3. The number of nitrogens with one attached hydrogen (secondary N) is 1. The monoisotopic (exact) mass is 240 g/mol. The number of rotatable bonds is 3. The van der Waals surface area contributed by atoms with Crippen LogP contribution in [0.5, 0.6) is 0 Å². The molecule has 17 heavy (non-hydrogen) atoms. The predicted molar refractivity (Wildman–Crippen MR) is 61.2 cm³/mol. The molecular formula is C12H20N2O3. The number of nitrogens with zero attached hydrogens (tertiary/aromatic N) is 1. The Kier molecular flexibility index (Phi) is 4.69. The van der Waals surface area contributed by atoms with Crippen LogP contribution in [0, 0.1) is 0 Å². The molecule has 5 nitrogen and oxygen atoms in total. The summed E-state index contributed by atoms with van der Waals surface area (Å²) in [5.41, 5.74) is 0.310. The maximum atomic E-state index is 12.0. The standard InChI is InChI=1S/C12H20N2O3/c1-4-13-5-7-14(8-6-13)11(15)9(2)10(3)12(16)17/h4-8H2,1-3H3,(H,16,17)/b10-9-. The van der Waals surface area contributed by atoms with Crippen LogP contribution >= 0.6 is 0 Å². The fraction of sp³-hybridized carbons (Fsp3) is 0.667. The molecule has 0 aromatic heterocycles. The third kappa shape index (κ3) is 3.30. The molecule has 0 aliphatic carbocycles. The highest BCUT2D eigenvalue weighted by atomic mass is 16.4. The molecule has 1 heterocycles. The molecule has 1 aliphatic heterocycles. The van der Waals surface area contributed by atoms with Gasteiger partial charge < -0.3 is 19.7 Å². The molecule has 1 N–H and O–H groups in total. The largest absolute Gasteiger partial charge is 0.545 e. The highest BCUT2D eigenvalue weighted by molar-refractivity contribution is 6.00. The Morgan fingerprint density at radius 2 is 1.71 bits per heavy atom. The van der Waals surface area contributed by atoms with Crippen LogP contribution in [0.1, 0.15) is 20.8 Å². The minimum absolute atomic E-state index is 0.0280. The summed E-state index contributed by atoms with van der Waals surface area (Å²) in [7, 11) is 0. The highest BCUT2D eigenvalue weighted by Gasteiger charge is 2.24. The van der Waals surface area contributed by atoms with Crippen molar-refractivity contribution in [2.45, 2.75) is 20.8 Å². The van der Waals surface area contributed by atoms with Crippen LogP contribution in [-0.4, -0.2) is 49.5 Å². The molecule has 0 unspecified atom stereocenters. The van der Waals surface area contributed by atoms with Crippen molar-refractivity contribution < 1.29 is 19.6 Å². The first-order valence-corrected chi connectivity index (χ1v) is 5.99. The number of amides is 1. The summed E-state index contributed by atoms with van der Waals surface area (Å²) in [6.45, 7) is 9.40. The molecule has 1 aliphatic rings. The van der Waals surface area contributed by atoms with Crippen molar-refractivity contribution >= 4 is 11.9 Å². The van der Waals surface area contributed by atoms with Crippen molar-refractivity contribution in [1.82, 2.24) is 4.90 Å². The van der Waals surface area contributed by atoms with E-state index in [1.54, 1.807) is 11.8 Å². The summed E-state index contributed by atoms with van der Waals surface area (Å²) in [6, 6.07) is 0. The zero-order valence-electron chi connectivity index (χ0n) is 10.7. The van der Waals surface area contributed by atoms with Crippen molar-refractivity contribution in [1.29, 1.82) is 0 Å². The van der Waals surface area contributed by atoms with E-state index in [2.05, 4.69) is 6.92 Å². The van der Waals surface area contributed by atoms with Gasteiger partial charge in [0.15, 0.2) is 0 Å². The maximum Gasteiger partial charge on any atom is 0.250 e. The fourth-order valence-electron chi connectivity index (χ4n) is 1.93. The van der Waals surface area contributed by atoms with E-state index < -0.39 is 5.97 Å². The van der Waals surface area contributed by atoms with Gasteiger partial charge in [-0.15, -0.1) is 0 Å². The Morgan fingerprint density at radius 1 is 1.18 bits per heavy atom. The topological polar surface area (TPSA) is 64.9 Å². The summed E-state index contributed by atoms with van der Waals surface area (Å²) in [6.07, 6.45) is 0. The number of quaternary nitrogens is 1. The molecule has 1 saturated heterocycles. The molecule has 0 radical (unpaired) electrons. The van der Waals surface area contributed by atoms with Gasteiger partial charge in [0, 0.05) is 5.57 Å². The van der Waals surface area contributed by atoms with E-state index in [1.165, 1.54) is 11.8 Å². The molecule has 0 aromatic carbocycles. The Hall–Kier alpha value is -1.36. The number of aliphatic carboxylic acids is 1. The number of carboxylic acids is 1. The van der Waals surface area contributed by atoms with Gasteiger partial charge in [0.25, 0.3) is 0 Å². The van der Waals surface area contributed by atoms with Gasteiger partial charge >= 0.3 is 0 Å². The van der Waals surface area contributed by atoms with Gasteiger partial charge in [-0.2, -0.15) is 0 Å². The summed E-state index contributed by atoms with van der Waals surface area (Å²) in [5.74, 6) is -1.45. The lowest BCUT2D eigenvalue weighted by atomic mass is 10.1. The van der Waals surface area contributed by atoms with E-state index in [9.17, 15) is 14.7 Å². The van der Waals surface area contributed by atoms with Crippen LogP contribution in [0.4, 0.5) is 0 Å². The molecule has 96 valence electrons. The molecule has 5 heteroatoms. The first kappa shape index (κ1) is 13.7. The average molecular weight is 240 g/mol. The van der Waals surface area contributed by atoms with E-state index in [-0.39, 0.29) is 17.1 Å². The van der Waals surface area contributed by atoms with E-state index in [0.29, 0.717) is 13.1 Å². The minimum Gasteiger partial charge on any atom is -0.545 e. The van der Waals surface area contributed by atoms with Gasteiger partial charge in [-0.25, -0.2) is 0 Å². The number of carboxylic acid groups (broad SMARTS) is 1. The van der Waals surface area contributed by atoms with Gasteiger partial charge in [0.05, 0.1) is 38.7 Å². The van der Waals surface area contributed by atoms with Crippen molar-refractivity contribution in [3.05, 3.63) is 11.1 Å². The van der Waals surface area contributed by atoms with Crippen LogP contribution in [0.15, 0.2) is 11.1 Å². The second kappa shape index (κ2) is 5.82. The smallest absolute Gasteiger partial charge is 0.250 e. The van der Waals surface area contributed by atoms with E-state index in [0.717, 1.165) is 19.6 Å².